The number of aromatic amines is 1. The molecule has 1 aliphatic rings. The monoisotopic (exact) mass is 366 g/mol. The minimum absolute atomic E-state index is 0.0863. The van der Waals surface area contributed by atoms with E-state index in [0.717, 1.165) is 22.5 Å². The summed E-state index contributed by atoms with van der Waals surface area (Å²) in [5.74, 6) is 0.434. The zero-order chi connectivity index (χ0) is 19.1. The number of hydrogen-bond acceptors (Lipinski definition) is 5. The van der Waals surface area contributed by atoms with Gasteiger partial charge in [0.05, 0.1) is 6.04 Å². The maximum atomic E-state index is 13.4. The van der Waals surface area contributed by atoms with Gasteiger partial charge in [0.1, 0.15) is 12.0 Å². The zero-order valence-corrected chi connectivity index (χ0v) is 15.3. The highest BCUT2D eigenvalue weighted by Crippen LogP contribution is 2.41. The summed E-state index contributed by atoms with van der Waals surface area (Å²) >= 11 is 0. The molecule has 0 saturated heterocycles. The van der Waals surface area contributed by atoms with Crippen molar-refractivity contribution in [1.82, 2.24) is 10.2 Å². The van der Waals surface area contributed by atoms with E-state index in [1.807, 2.05) is 42.2 Å². The van der Waals surface area contributed by atoms with Crippen molar-refractivity contribution in [2.24, 2.45) is 11.5 Å². The van der Waals surface area contributed by atoms with Gasteiger partial charge >= 0.3 is 0 Å². The van der Waals surface area contributed by atoms with Crippen molar-refractivity contribution in [2.75, 3.05) is 9.80 Å². The number of rotatable bonds is 3. The van der Waals surface area contributed by atoms with Gasteiger partial charge in [-0.15, -0.1) is 0 Å². The van der Waals surface area contributed by atoms with Crippen LogP contribution in [0.1, 0.15) is 36.0 Å². The average Bonchev–Trinajstić information content (AvgIpc) is 3.08. The van der Waals surface area contributed by atoms with E-state index in [1.54, 1.807) is 12.1 Å². The van der Waals surface area contributed by atoms with Gasteiger partial charge in [-0.25, -0.2) is 4.39 Å². The van der Waals surface area contributed by atoms with Crippen molar-refractivity contribution < 1.29 is 4.39 Å². The van der Waals surface area contributed by atoms with E-state index in [1.165, 1.54) is 12.1 Å². The Kier molecular flexibility index (Phi) is 4.33. The van der Waals surface area contributed by atoms with Crippen molar-refractivity contribution in [3.8, 4) is 0 Å². The molecule has 2 unspecified atom stereocenters. The number of aryl methyl sites for hydroxylation is 1. The maximum Gasteiger partial charge on any atom is 0.158 e. The number of fused-ring (bicyclic) bond motifs is 1. The van der Waals surface area contributed by atoms with Crippen LogP contribution in [-0.2, 0) is 0 Å². The summed E-state index contributed by atoms with van der Waals surface area (Å²) in [4.78, 5) is 3.99. The third-order valence-electron chi connectivity index (χ3n) is 5.13. The van der Waals surface area contributed by atoms with Crippen LogP contribution in [0.2, 0.25) is 0 Å². The number of aromatic nitrogens is 2. The molecule has 0 saturated carbocycles. The first kappa shape index (κ1) is 17.5. The first-order valence-electron chi connectivity index (χ1n) is 8.91. The number of anilines is 2. The zero-order valence-electron chi connectivity index (χ0n) is 15.3. The van der Waals surface area contributed by atoms with Gasteiger partial charge in [-0.3, -0.25) is 10.8 Å². The summed E-state index contributed by atoms with van der Waals surface area (Å²) in [5, 5.41) is 7.31. The van der Waals surface area contributed by atoms with Gasteiger partial charge in [0.25, 0.3) is 0 Å². The third-order valence-corrected chi connectivity index (χ3v) is 5.13. The van der Waals surface area contributed by atoms with Gasteiger partial charge in [-0.05, 0) is 37.6 Å². The molecule has 0 spiro atoms. The minimum atomic E-state index is -0.530. The number of para-hydroxylation sites is 1. The summed E-state index contributed by atoms with van der Waals surface area (Å²) in [6, 6.07) is 16.3. The van der Waals surface area contributed by atoms with Crippen LogP contribution in [0.25, 0.3) is 0 Å². The molecule has 4 rings (SSSR count). The number of hydrogen-bond donors (Lipinski definition) is 3. The molecule has 3 aromatic rings. The predicted molar refractivity (Wildman–Crippen MR) is 104 cm³/mol. The van der Waals surface area contributed by atoms with Crippen LogP contribution in [0.15, 0.2) is 54.6 Å². The molecule has 2 heterocycles. The Morgan fingerprint density at radius 2 is 1.81 bits per heavy atom. The fraction of sp³-hybridized carbons (Fsp3) is 0.250. The van der Waals surface area contributed by atoms with Crippen molar-refractivity contribution in [2.45, 2.75) is 32.3 Å². The molecule has 0 fully saturated rings. The molecule has 1 aliphatic heterocycles. The normalized spacial score (nSPS) is 20.5. The van der Waals surface area contributed by atoms with Gasteiger partial charge in [0.15, 0.2) is 12.1 Å². The molecular formula is C20H23FN6. The lowest BCUT2D eigenvalue weighted by atomic mass is 10.00. The lowest BCUT2D eigenvalue weighted by Crippen LogP contribution is -2.61. The Balaban J connectivity index is 1.81. The van der Waals surface area contributed by atoms with Gasteiger partial charge in [0, 0.05) is 23.0 Å². The van der Waals surface area contributed by atoms with Crippen LogP contribution >= 0.6 is 0 Å². The van der Waals surface area contributed by atoms with E-state index in [4.69, 9.17) is 11.5 Å². The lowest BCUT2D eigenvalue weighted by molar-refractivity contribution is 0.445. The first-order chi connectivity index (χ1) is 13.0. The predicted octanol–water partition coefficient (Wildman–Crippen LogP) is 3.14. The molecule has 0 aliphatic carbocycles. The highest BCUT2D eigenvalue weighted by atomic mass is 19.1. The largest absolute Gasteiger partial charge is 0.332 e. The molecule has 0 radical (unpaired) electrons. The van der Waals surface area contributed by atoms with E-state index in [-0.39, 0.29) is 11.9 Å². The summed E-state index contributed by atoms with van der Waals surface area (Å²) in [5.41, 5.74) is 17.1. The molecule has 0 amide bonds. The van der Waals surface area contributed by atoms with Crippen LogP contribution in [0, 0.1) is 12.7 Å². The van der Waals surface area contributed by atoms with E-state index in [9.17, 15) is 4.39 Å². The second-order valence-corrected chi connectivity index (χ2v) is 6.87. The molecule has 0 bridgehead atoms. The Hall–Kier alpha value is -2.90. The Bertz CT molecular complexity index is 938. The minimum Gasteiger partial charge on any atom is -0.332 e. The maximum absolute atomic E-state index is 13.4. The standard InChI is InChI=1S/C20H23FN6/c1-12-11-18(25-24-12)27-19(22)16-5-3-4-6-17(16)26(20(27)23)13(2)14-7-9-15(21)10-8-14/h3-11,13,19-20H,22-23H2,1-2H3,(H,24,25)/t13-,19?,20?/m0/s1. The molecule has 7 heteroatoms. The quantitative estimate of drug-likeness (QED) is 0.663. The fourth-order valence-electron chi connectivity index (χ4n) is 3.72. The highest BCUT2D eigenvalue weighted by Gasteiger charge is 2.38. The Labute approximate surface area is 157 Å². The average molecular weight is 366 g/mol. The highest BCUT2D eigenvalue weighted by molar-refractivity contribution is 5.64. The Morgan fingerprint density at radius 3 is 2.48 bits per heavy atom. The number of nitrogens with zero attached hydrogens (tertiary/aromatic N) is 3. The topological polar surface area (TPSA) is 87.2 Å². The number of H-pyrrole nitrogens is 1. The molecule has 6 nitrogen and oxygen atoms in total. The molecular weight excluding hydrogens is 343 g/mol. The molecule has 2 aromatic carbocycles. The number of nitrogens with two attached hydrogens (primary N) is 2. The lowest BCUT2D eigenvalue weighted by Gasteiger charge is -2.49. The smallest absolute Gasteiger partial charge is 0.158 e. The number of benzene rings is 2. The van der Waals surface area contributed by atoms with Gasteiger partial charge in [-0.1, -0.05) is 30.3 Å². The van der Waals surface area contributed by atoms with E-state index < -0.39 is 12.5 Å². The fourth-order valence-corrected chi connectivity index (χ4v) is 3.72. The molecule has 140 valence electrons. The van der Waals surface area contributed by atoms with Crippen LogP contribution < -0.4 is 21.3 Å². The summed E-state index contributed by atoms with van der Waals surface area (Å²) in [7, 11) is 0. The van der Waals surface area contributed by atoms with Crippen LogP contribution in [-0.4, -0.2) is 16.5 Å². The summed E-state index contributed by atoms with van der Waals surface area (Å²) in [6.07, 6.45) is -0.951. The summed E-state index contributed by atoms with van der Waals surface area (Å²) in [6.45, 7) is 3.99. The van der Waals surface area contributed by atoms with Crippen LogP contribution in [0.4, 0.5) is 15.9 Å². The number of halogens is 1. The second-order valence-electron chi connectivity index (χ2n) is 6.87. The molecule has 27 heavy (non-hydrogen) atoms. The van der Waals surface area contributed by atoms with Gasteiger partial charge in [0.2, 0.25) is 0 Å². The molecule has 5 N–H and O–H groups in total. The SMILES string of the molecule is Cc1cc(N2C(N)c3ccccc3N([C@@H](C)c3ccc(F)cc3)C2N)n[nH]1. The molecule has 3 atom stereocenters. The van der Waals surface area contributed by atoms with Crippen LogP contribution in [0.5, 0.6) is 0 Å². The first-order valence-corrected chi connectivity index (χ1v) is 8.91. The van der Waals surface area contributed by atoms with Crippen molar-refractivity contribution in [3.05, 3.63) is 77.2 Å². The van der Waals surface area contributed by atoms with Crippen molar-refractivity contribution in [3.63, 3.8) is 0 Å². The van der Waals surface area contributed by atoms with E-state index >= 15 is 0 Å². The number of nitrogens with one attached hydrogen (secondary N) is 1. The van der Waals surface area contributed by atoms with Crippen molar-refractivity contribution >= 4 is 11.5 Å². The van der Waals surface area contributed by atoms with E-state index in [0.29, 0.717) is 5.82 Å². The van der Waals surface area contributed by atoms with Gasteiger partial charge < -0.3 is 15.5 Å². The van der Waals surface area contributed by atoms with Crippen molar-refractivity contribution in [1.29, 1.82) is 0 Å². The van der Waals surface area contributed by atoms with Gasteiger partial charge in [-0.2, -0.15) is 5.10 Å². The third kappa shape index (κ3) is 2.94. The Morgan fingerprint density at radius 1 is 1.11 bits per heavy atom. The second kappa shape index (κ2) is 6.68. The van der Waals surface area contributed by atoms with Crippen LogP contribution in [0.3, 0.4) is 0 Å². The van der Waals surface area contributed by atoms with E-state index in [2.05, 4.69) is 22.0 Å². The summed E-state index contributed by atoms with van der Waals surface area (Å²) < 4.78 is 13.4. The molecule has 1 aromatic heterocycles.